The van der Waals surface area contributed by atoms with Crippen molar-refractivity contribution in [2.24, 2.45) is 0 Å². The van der Waals surface area contributed by atoms with Gasteiger partial charge < -0.3 is 14.8 Å². The number of hydrogen-bond donors (Lipinski definition) is 1. The lowest BCUT2D eigenvalue weighted by molar-refractivity contribution is 0.0474. The van der Waals surface area contributed by atoms with Gasteiger partial charge in [-0.2, -0.15) is 11.8 Å². The van der Waals surface area contributed by atoms with Crippen LogP contribution in [0, 0.1) is 0 Å². The minimum Gasteiger partial charge on any atom is -0.496 e. The number of likely N-dealkylation sites (N-methyl/N-ethyl adjacent to an activating group) is 1. The maximum atomic E-state index is 5.91. The molecule has 0 bridgehead atoms. The van der Waals surface area contributed by atoms with E-state index in [0.717, 1.165) is 36.8 Å². The first-order valence-electron chi connectivity index (χ1n) is 6.89. The Bertz CT molecular complexity index is 380. The highest BCUT2D eigenvalue weighted by atomic mass is 32.2. The molecule has 4 heteroatoms. The van der Waals surface area contributed by atoms with Crippen molar-refractivity contribution < 1.29 is 9.47 Å². The number of para-hydroxylation sites is 1. The van der Waals surface area contributed by atoms with E-state index in [1.165, 1.54) is 5.56 Å². The van der Waals surface area contributed by atoms with E-state index in [2.05, 4.69) is 24.4 Å². The van der Waals surface area contributed by atoms with Crippen molar-refractivity contribution >= 4 is 11.8 Å². The monoisotopic (exact) mass is 281 g/mol. The highest BCUT2D eigenvalue weighted by molar-refractivity contribution is 7.99. The maximum Gasteiger partial charge on any atom is 0.122 e. The second-order valence-electron chi connectivity index (χ2n) is 4.66. The van der Waals surface area contributed by atoms with E-state index in [0.29, 0.717) is 12.1 Å². The predicted octanol–water partition coefficient (Wildman–Crippen LogP) is 2.35. The van der Waals surface area contributed by atoms with Gasteiger partial charge in [0.25, 0.3) is 0 Å². The van der Waals surface area contributed by atoms with Crippen molar-refractivity contribution in [1.29, 1.82) is 0 Å². The summed E-state index contributed by atoms with van der Waals surface area (Å²) in [5.74, 6) is 3.16. The Morgan fingerprint density at radius 3 is 3.00 bits per heavy atom. The largest absolute Gasteiger partial charge is 0.496 e. The molecule has 0 radical (unpaired) electrons. The molecule has 19 heavy (non-hydrogen) atoms. The van der Waals surface area contributed by atoms with Gasteiger partial charge in [0, 0.05) is 17.5 Å². The van der Waals surface area contributed by atoms with Crippen LogP contribution in [0.4, 0.5) is 0 Å². The molecule has 0 saturated carbocycles. The summed E-state index contributed by atoms with van der Waals surface area (Å²) in [6.45, 7) is 3.97. The fraction of sp³-hybridized carbons (Fsp3) is 0.600. The second-order valence-corrected chi connectivity index (χ2v) is 5.81. The van der Waals surface area contributed by atoms with E-state index in [1.54, 1.807) is 7.11 Å². The number of ether oxygens (including phenoxy) is 2. The third-order valence-electron chi connectivity index (χ3n) is 3.39. The van der Waals surface area contributed by atoms with Crippen molar-refractivity contribution in [2.75, 3.05) is 31.8 Å². The summed E-state index contributed by atoms with van der Waals surface area (Å²) in [6, 6.07) is 8.59. The average molecular weight is 281 g/mol. The zero-order valence-electron chi connectivity index (χ0n) is 11.7. The summed E-state index contributed by atoms with van der Waals surface area (Å²) in [5.41, 5.74) is 1.25. The summed E-state index contributed by atoms with van der Waals surface area (Å²) in [7, 11) is 1.73. The third-order valence-corrected chi connectivity index (χ3v) is 4.41. The normalized spacial score (nSPS) is 21.1. The molecule has 3 nitrogen and oxygen atoms in total. The van der Waals surface area contributed by atoms with Crippen LogP contribution < -0.4 is 10.1 Å². The molecule has 1 aliphatic heterocycles. The predicted molar refractivity (Wildman–Crippen MR) is 81.2 cm³/mol. The van der Waals surface area contributed by atoms with Crippen molar-refractivity contribution in [2.45, 2.75) is 25.5 Å². The van der Waals surface area contributed by atoms with Gasteiger partial charge in [0.2, 0.25) is 0 Å². The summed E-state index contributed by atoms with van der Waals surface area (Å²) < 4.78 is 11.4. The van der Waals surface area contributed by atoms with Crippen LogP contribution in [0.5, 0.6) is 5.75 Å². The molecule has 0 spiro atoms. The SMILES string of the molecule is CCNC(Cc1ccccc1OC)C1CSCCO1. The lowest BCUT2D eigenvalue weighted by Crippen LogP contribution is -2.46. The summed E-state index contributed by atoms with van der Waals surface area (Å²) >= 11 is 1.98. The van der Waals surface area contributed by atoms with Crippen molar-refractivity contribution in [3.63, 3.8) is 0 Å². The van der Waals surface area contributed by atoms with Crippen LogP contribution >= 0.6 is 11.8 Å². The lowest BCUT2D eigenvalue weighted by atomic mass is 10.0. The Kier molecular flexibility index (Phi) is 6.01. The molecule has 0 amide bonds. The topological polar surface area (TPSA) is 30.5 Å². The Labute approximate surface area is 120 Å². The van der Waals surface area contributed by atoms with Crippen LogP contribution in [0.1, 0.15) is 12.5 Å². The molecule has 0 aromatic heterocycles. The molecule has 2 rings (SSSR count). The van der Waals surface area contributed by atoms with Crippen LogP contribution in [0.15, 0.2) is 24.3 Å². The van der Waals surface area contributed by atoms with E-state index in [9.17, 15) is 0 Å². The number of rotatable bonds is 6. The average Bonchev–Trinajstić information content (AvgIpc) is 2.48. The molecule has 1 aromatic rings. The molecule has 0 aliphatic carbocycles. The van der Waals surface area contributed by atoms with E-state index < -0.39 is 0 Å². The first kappa shape index (κ1) is 14.7. The van der Waals surface area contributed by atoms with E-state index >= 15 is 0 Å². The molecule has 1 aliphatic rings. The lowest BCUT2D eigenvalue weighted by Gasteiger charge is -2.31. The van der Waals surface area contributed by atoms with Gasteiger partial charge in [0.1, 0.15) is 5.75 Å². The Morgan fingerprint density at radius 2 is 2.32 bits per heavy atom. The Hall–Kier alpha value is -0.710. The summed E-state index contributed by atoms with van der Waals surface area (Å²) in [4.78, 5) is 0. The third kappa shape index (κ3) is 4.13. The molecule has 106 valence electrons. The quantitative estimate of drug-likeness (QED) is 0.867. The van der Waals surface area contributed by atoms with Crippen LogP contribution in [-0.4, -0.2) is 43.9 Å². The van der Waals surface area contributed by atoms with Crippen LogP contribution in [-0.2, 0) is 11.2 Å². The van der Waals surface area contributed by atoms with Crippen LogP contribution in [0.3, 0.4) is 0 Å². The molecule has 1 heterocycles. The first-order valence-corrected chi connectivity index (χ1v) is 8.05. The zero-order chi connectivity index (χ0) is 13.5. The molecular formula is C15H23NO2S. The number of benzene rings is 1. The molecule has 1 saturated heterocycles. The maximum absolute atomic E-state index is 5.91. The van der Waals surface area contributed by atoms with E-state index in [4.69, 9.17) is 9.47 Å². The van der Waals surface area contributed by atoms with E-state index in [-0.39, 0.29) is 0 Å². The molecule has 1 aromatic carbocycles. The smallest absolute Gasteiger partial charge is 0.122 e. The van der Waals surface area contributed by atoms with Gasteiger partial charge in [-0.1, -0.05) is 25.1 Å². The van der Waals surface area contributed by atoms with Crippen molar-refractivity contribution in [1.82, 2.24) is 5.32 Å². The van der Waals surface area contributed by atoms with Gasteiger partial charge in [-0.25, -0.2) is 0 Å². The molecule has 1 fully saturated rings. The van der Waals surface area contributed by atoms with Crippen LogP contribution in [0.2, 0.25) is 0 Å². The number of nitrogens with one attached hydrogen (secondary N) is 1. The number of hydrogen-bond acceptors (Lipinski definition) is 4. The minimum atomic E-state index is 0.295. The first-order chi connectivity index (χ1) is 9.35. The number of methoxy groups -OCH3 is 1. The minimum absolute atomic E-state index is 0.295. The fourth-order valence-corrected chi connectivity index (χ4v) is 3.39. The van der Waals surface area contributed by atoms with Crippen molar-refractivity contribution in [3.05, 3.63) is 29.8 Å². The molecular weight excluding hydrogens is 258 g/mol. The zero-order valence-corrected chi connectivity index (χ0v) is 12.5. The van der Waals surface area contributed by atoms with Crippen LogP contribution in [0.25, 0.3) is 0 Å². The van der Waals surface area contributed by atoms with Gasteiger partial charge in [0.15, 0.2) is 0 Å². The molecule has 2 unspecified atom stereocenters. The highest BCUT2D eigenvalue weighted by Gasteiger charge is 2.25. The second kappa shape index (κ2) is 7.78. The summed E-state index contributed by atoms with van der Waals surface area (Å²) in [6.07, 6.45) is 1.24. The van der Waals surface area contributed by atoms with Gasteiger partial charge >= 0.3 is 0 Å². The Morgan fingerprint density at radius 1 is 1.47 bits per heavy atom. The number of thioether (sulfide) groups is 1. The van der Waals surface area contributed by atoms with E-state index in [1.807, 2.05) is 23.9 Å². The van der Waals surface area contributed by atoms with Gasteiger partial charge in [0.05, 0.1) is 19.8 Å². The van der Waals surface area contributed by atoms with Gasteiger partial charge in [-0.15, -0.1) is 0 Å². The highest BCUT2D eigenvalue weighted by Crippen LogP contribution is 2.23. The molecule has 1 N–H and O–H groups in total. The Balaban J connectivity index is 2.06. The fourth-order valence-electron chi connectivity index (χ4n) is 2.44. The van der Waals surface area contributed by atoms with Crippen molar-refractivity contribution in [3.8, 4) is 5.75 Å². The van der Waals surface area contributed by atoms with Gasteiger partial charge in [-0.3, -0.25) is 0 Å². The molecule has 2 atom stereocenters. The standard InChI is InChI=1S/C15H23NO2S/c1-3-16-13(15-11-19-9-8-18-15)10-12-6-4-5-7-14(12)17-2/h4-7,13,15-16H,3,8-11H2,1-2H3. The summed E-state index contributed by atoms with van der Waals surface area (Å²) in [5, 5.41) is 3.56. The van der Waals surface area contributed by atoms with Gasteiger partial charge in [-0.05, 0) is 24.6 Å².